The second kappa shape index (κ2) is 13.0. The lowest BCUT2D eigenvalue weighted by Gasteiger charge is -2.19. The Morgan fingerprint density at radius 3 is 2.81 bits per heavy atom. The number of hydrogen-bond acceptors (Lipinski definition) is 4. The van der Waals surface area contributed by atoms with E-state index in [0.717, 1.165) is 32.1 Å². The SMILES string of the molecule is CCOC(=O)CCC=CC1=C[C@H]2C[C@@H](O)[C@@H](C=C[C@@H](O)C[C@H](C)CCC=C(C)C)[C@H]2C1. The average Bonchev–Trinajstić information content (AvgIpc) is 3.20. The molecule has 4 nitrogen and oxygen atoms in total. The van der Waals surface area contributed by atoms with Crippen LogP contribution in [0.2, 0.25) is 0 Å². The lowest BCUT2D eigenvalue weighted by Crippen LogP contribution is -2.18. The predicted octanol–water partition coefficient (Wildman–Crippen LogP) is 5.52. The minimum atomic E-state index is -0.454. The molecule has 4 heteroatoms. The Balaban J connectivity index is 1.80. The first-order valence-electron chi connectivity index (χ1n) is 12.0. The lowest BCUT2D eigenvalue weighted by molar-refractivity contribution is -0.143. The van der Waals surface area contributed by atoms with Crippen molar-refractivity contribution < 1.29 is 19.7 Å². The van der Waals surface area contributed by atoms with Crippen LogP contribution in [0.25, 0.3) is 0 Å². The molecule has 2 rings (SSSR count). The van der Waals surface area contributed by atoms with Gasteiger partial charge < -0.3 is 14.9 Å². The van der Waals surface area contributed by atoms with E-state index < -0.39 is 6.10 Å². The molecule has 0 amide bonds. The molecule has 0 aromatic heterocycles. The molecule has 0 spiro atoms. The van der Waals surface area contributed by atoms with Crippen LogP contribution in [0.3, 0.4) is 0 Å². The summed E-state index contributed by atoms with van der Waals surface area (Å²) in [6, 6.07) is 0. The summed E-state index contributed by atoms with van der Waals surface area (Å²) in [5.74, 6) is 1.22. The molecule has 1 fully saturated rings. The molecule has 0 unspecified atom stereocenters. The molecule has 1 saturated carbocycles. The molecule has 0 aliphatic heterocycles. The lowest BCUT2D eigenvalue weighted by atomic mass is 9.88. The molecule has 2 aliphatic rings. The van der Waals surface area contributed by atoms with Crippen molar-refractivity contribution in [2.24, 2.45) is 23.7 Å². The first-order valence-corrected chi connectivity index (χ1v) is 12.0. The van der Waals surface area contributed by atoms with E-state index in [1.807, 2.05) is 19.1 Å². The van der Waals surface area contributed by atoms with Gasteiger partial charge in [0.15, 0.2) is 0 Å². The number of carbonyl (C=O) groups is 1. The Hall–Kier alpha value is -1.65. The van der Waals surface area contributed by atoms with Gasteiger partial charge in [0.05, 0.1) is 18.8 Å². The third-order valence-corrected chi connectivity index (χ3v) is 6.47. The van der Waals surface area contributed by atoms with E-state index in [1.165, 1.54) is 11.1 Å². The van der Waals surface area contributed by atoms with Crippen LogP contribution in [0.5, 0.6) is 0 Å². The highest BCUT2D eigenvalue weighted by Gasteiger charge is 2.42. The minimum absolute atomic E-state index is 0.0994. The monoisotopic (exact) mass is 430 g/mol. The zero-order valence-corrected chi connectivity index (χ0v) is 19.8. The summed E-state index contributed by atoms with van der Waals surface area (Å²) in [4.78, 5) is 11.4. The average molecular weight is 431 g/mol. The third-order valence-electron chi connectivity index (χ3n) is 6.47. The van der Waals surface area contributed by atoms with Crippen molar-refractivity contribution in [2.75, 3.05) is 6.61 Å². The van der Waals surface area contributed by atoms with Gasteiger partial charge in [-0.3, -0.25) is 4.79 Å². The van der Waals surface area contributed by atoms with E-state index in [0.29, 0.717) is 37.2 Å². The van der Waals surface area contributed by atoms with Gasteiger partial charge in [-0.05, 0) is 77.0 Å². The largest absolute Gasteiger partial charge is 0.466 e. The van der Waals surface area contributed by atoms with E-state index in [9.17, 15) is 15.0 Å². The van der Waals surface area contributed by atoms with Crippen molar-refractivity contribution in [1.29, 1.82) is 0 Å². The molecule has 0 aromatic rings. The molecule has 2 aliphatic carbocycles. The Morgan fingerprint density at radius 1 is 1.32 bits per heavy atom. The molecule has 2 N–H and O–H groups in total. The summed E-state index contributed by atoms with van der Waals surface area (Å²) in [6.07, 6.45) is 17.6. The molecule has 0 radical (unpaired) electrons. The summed E-state index contributed by atoms with van der Waals surface area (Å²) in [5.41, 5.74) is 2.63. The predicted molar refractivity (Wildman–Crippen MR) is 126 cm³/mol. The summed E-state index contributed by atoms with van der Waals surface area (Å²) < 4.78 is 4.95. The van der Waals surface area contributed by atoms with Crippen LogP contribution in [-0.4, -0.2) is 35.0 Å². The van der Waals surface area contributed by atoms with Crippen LogP contribution in [0.1, 0.15) is 72.6 Å². The number of carbonyl (C=O) groups excluding carboxylic acids is 1. The summed E-state index contributed by atoms with van der Waals surface area (Å²) >= 11 is 0. The zero-order chi connectivity index (χ0) is 22.8. The van der Waals surface area contributed by atoms with E-state index in [1.54, 1.807) is 0 Å². The van der Waals surface area contributed by atoms with Crippen molar-refractivity contribution in [1.82, 2.24) is 0 Å². The van der Waals surface area contributed by atoms with Crippen LogP contribution in [-0.2, 0) is 9.53 Å². The van der Waals surface area contributed by atoms with Gasteiger partial charge in [0.2, 0.25) is 0 Å². The Labute approximate surface area is 188 Å². The Kier molecular flexibility index (Phi) is 10.8. The molecule has 6 atom stereocenters. The van der Waals surface area contributed by atoms with Gasteiger partial charge >= 0.3 is 5.97 Å². The number of allylic oxidation sites excluding steroid dienone is 6. The van der Waals surface area contributed by atoms with Crippen LogP contribution in [0, 0.1) is 23.7 Å². The van der Waals surface area contributed by atoms with E-state index >= 15 is 0 Å². The smallest absolute Gasteiger partial charge is 0.306 e. The fourth-order valence-electron chi connectivity index (χ4n) is 4.86. The maximum absolute atomic E-state index is 11.4. The topological polar surface area (TPSA) is 66.8 Å². The summed E-state index contributed by atoms with van der Waals surface area (Å²) in [7, 11) is 0. The Morgan fingerprint density at radius 2 is 2.10 bits per heavy atom. The van der Waals surface area contributed by atoms with Crippen molar-refractivity contribution >= 4 is 5.97 Å². The molecular formula is C27H42O4. The number of hydrogen-bond donors (Lipinski definition) is 2. The van der Waals surface area contributed by atoms with Crippen molar-refractivity contribution in [2.45, 2.75) is 84.8 Å². The fraction of sp³-hybridized carbons (Fsp3) is 0.667. The van der Waals surface area contributed by atoms with Crippen LogP contribution >= 0.6 is 0 Å². The van der Waals surface area contributed by atoms with Gasteiger partial charge in [0.25, 0.3) is 0 Å². The second-order valence-electron chi connectivity index (χ2n) is 9.55. The van der Waals surface area contributed by atoms with Crippen molar-refractivity contribution in [3.05, 3.63) is 47.6 Å². The first kappa shape index (κ1) is 25.6. The second-order valence-corrected chi connectivity index (χ2v) is 9.55. The van der Waals surface area contributed by atoms with Crippen LogP contribution in [0.4, 0.5) is 0 Å². The standard InChI is InChI=1S/C27H42O4/c1-5-31-27(30)12-7-6-11-21-16-22-18-26(29)24(25(22)17-21)14-13-23(28)15-20(4)10-8-9-19(2)3/h6,9,11,13-14,16,20,22-26,28-29H,5,7-8,10,12,15,17-18H2,1-4H3/t20-,22+,23-,24+,25+,26-/m1/s1. The maximum Gasteiger partial charge on any atom is 0.306 e. The molecule has 31 heavy (non-hydrogen) atoms. The number of rotatable bonds is 12. The van der Waals surface area contributed by atoms with Crippen molar-refractivity contribution in [3.8, 4) is 0 Å². The highest BCUT2D eigenvalue weighted by atomic mass is 16.5. The number of fused-ring (bicyclic) bond motifs is 1. The highest BCUT2D eigenvalue weighted by Crippen LogP contribution is 2.47. The van der Waals surface area contributed by atoms with Gasteiger partial charge in [-0.15, -0.1) is 0 Å². The number of ether oxygens (including phenoxy) is 1. The third kappa shape index (κ3) is 8.78. The van der Waals surface area contributed by atoms with Gasteiger partial charge in [-0.1, -0.05) is 54.5 Å². The van der Waals surface area contributed by atoms with Gasteiger partial charge in [-0.25, -0.2) is 0 Å². The molecule has 0 aromatic carbocycles. The first-order chi connectivity index (χ1) is 14.8. The number of esters is 1. The molecule has 174 valence electrons. The zero-order valence-electron chi connectivity index (χ0n) is 19.8. The quantitative estimate of drug-likeness (QED) is 0.316. The van der Waals surface area contributed by atoms with Gasteiger partial charge in [-0.2, -0.15) is 0 Å². The number of aliphatic hydroxyl groups is 2. The molecular weight excluding hydrogens is 388 g/mol. The minimum Gasteiger partial charge on any atom is -0.466 e. The highest BCUT2D eigenvalue weighted by molar-refractivity contribution is 5.69. The maximum atomic E-state index is 11.4. The van der Waals surface area contributed by atoms with E-state index in [-0.39, 0.29) is 18.0 Å². The van der Waals surface area contributed by atoms with E-state index in [2.05, 4.69) is 45.1 Å². The molecule has 0 heterocycles. The van der Waals surface area contributed by atoms with Gasteiger partial charge in [0.1, 0.15) is 0 Å². The summed E-state index contributed by atoms with van der Waals surface area (Å²) in [5, 5.41) is 21.0. The van der Waals surface area contributed by atoms with Crippen LogP contribution < -0.4 is 0 Å². The van der Waals surface area contributed by atoms with E-state index in [4.69, 9.17) is 4.74 Å². The number of aliphatic hydroxyl groups excluding tert-OH is 2. The van der Waals surface area contributed by atoms with Crippen molar-refractivity contribution in [3.63, 3.8) is 0 Å². The molecule has 0 bridgehead atoms. The normalized spacial score (nSPS) is 27.4. The fourth-order valence-corrected chi connectivity index (χ4v) is 4.86. The molecule has 0 saturated heterocycles. The van der Waals surface area contributed by atoms with Crippen LogP contribution in [0.15, 0.2) is 47.6 Å². The Bertz CT molecular complexity index is 683. The van der Waals surface area contributed by atoms with Gasteiger partial charge in [0, 0.05) is 12.3 Å². The summed E-state index contributed by atoms with van der Waals surface area (Å²) in [6.45, 7) is 8.67.